The third kappa shape index (κ3) is 4.72. The molecule has 1 rings (SSSR count). The van der Waals surface area contributed by atoms with E-state index in [4.69, 9.17) is 10.9 Å². The molecule has 1 aliphatic rings. The number of hydrogen-bond donors (Lipinski definition) is 2. The molecule has 0 radical (unpaired) electrons. The molecule has 0 aromatic carbocycles. The van der Waals surface area contributed by atoms with Gasteiger partial charge in [0.1, 0.15) is 0 Å². The van der Waals surface area contributed by atoms with Crippen LogP contribution in [0.1, 0.15) is 20.3 Å². The molecule has 112 valence electrons. The second-order valence-corrected chi connectivity index (χ2v) is 6.88. The van der Waals surface area contributed by atoms with Gasteiger partial charge in [0, 0.05) is 32.7 Å². The van der Waals surface area contributed by atoms with Crippen LogP contribution >= 0.6 is 0 Å². The van der Waals surface area contributed by atoms with Gasteiger partial charge in [-0.3, -0.25) is 4.79 Å². The minimum Gasteiger partial charge on any atom is -0.340 e. The van der Waals surface area contributed by atoms with Crippen molar-refractivity contribution in [1.82, 2.24) is 9.21 Å². The summed E-state index contributed by atoms with van der Waals surface area (Å²) in [5.74, 6) is 0.245. The van der Waals surface area contributed by atoms with Gasteiger partial charge in [0.15, 0.2) is 0 Å². The van der Waals surface area contributed by atoms with Crippen LogP contribution in [0.5, 0.6) is 0 Å². The van der Waals surface area contributed by atoms with Gasteiger partial charge in [-0.2, -0.15) is 12.7 Å². The lowest BCUT2D eigenvalue weighted by Crippen LogP contribution is -2.54. The largest absolute Gasteiger partial charge is 0.340 e. The molecule has 0 aromatic heterocycles. The lowest BCUT2D eigenvalue weighted by atomic mass is 9.95. The summed E-state index contributed by atoms with van der Waals surface area (Å²) in [4.78, 5) is 14.0. The minimum atomic E-state index is -3.65. The number of amides is 1. The fraction of sp³-hybridized carbons (Fsp3) is 0.909. The molecule has 1 aliphatic heterocycles. The summed E-state index contributed by atoms with van der Waals surface area (Å²) in [6.45, 7) is 5.69. The van der Waals surface area contributed by atoms with Crippen LogP contribution in [0, 0.1) is 11.8 Å². The molecule has 19 heavy (non-hydrogen) atoms. The van der Waals surface area contributed by atoms with E-state index in [1.165, 1.54) is 4.31 Å². The van der Waals surface area contributed by atoms with Crippen molar-refractivity contribution in [2.45, 2.75) is 20.3 Å². The highest BCUT2D eigenvalue weighted by molar-refractivity contribution is 7.86. The fourth-order valence-electron chi connectivity index (χ4n) is 2.29. The van der Waals surface area contributed by atoms with E-state index in [-0.39, 0.29) is 24.9 Å². The van der Waals surface area contributed by atoms with Crippen LogP contribution in [0.15, 0.2) is 0 Å². The summed E-state index contributed by atoms with van der Waals surface area (Å²) in [6.07, 6.45) is 0.755. The molecule has 0 aromatic rings. The first-order valence-electron chi connectivity index (χ1n) is 6.52. The number of nitrogens with two attached hydrogens (primary N) is 2. The van der Waals surface area contributed by atoms with Gasteiger partial charge in [0.2, 0.25) is 5.91 Å². The SMILES string of the molecule is CC(C)CC(CN)C(=O)N1CCN(S(N)(=O)=O)CC1. The van der Waals surface area contributed by atoms with Gasteiger partial charge in [-0.1, -0.05) is 13.8 Å². The topological polar surface area (TPSA) is 110 Å². The van der Waals surface area contributed by atoms with Crippen LogP contribution in [0.25, 0.3) is 0 Å². The van der Waals surface area contributed by atoms with Crippen LogP contribution in [0.4, 0.5) is 0 Å². The Bertz CT molecular complexity index is 402. The predicted molar refractivity (Wildman–Crippen MR) is 73.3 cm³/mol. The van der Waals surface area contributed by atoms with Crippen molar-refractivity contribution in [3.63, 3.8) is 0 Å². The zero-order valence-electron chi connectivity index (χ0n) is 11.6. The zero-order chi connectivity index (χ0) is 14.6. The molecule has 1 saturated heterocycles. The van der Waals surface area contributed by atoms with Crippen molar-refractivity contribution in [1.29, 1.82) is 0 Å². The Morgan fingerprint density at radius 2 is 1.74 bits per heavy atom. The maximum Gasteiger partial charge on any atom is 0.277 e. The first-order valence-corrected chi connectivity index (χ1v) is 8.02. The number of nitrogens with zero attached hydrogens (tertiary/aromatic N) is 2. The van der Waals surface area contributed by atoms with E-state index in [1.807, 2.05) is 0 Å². The number of carbonyl (C=O) groups is 1. The smallest absolute Gasteiger partial charge is 0.277 e. The Morgan fingerprint density at radius 3 is 2.11 bits per heavy atom. The Kier molecular flexibility index (Phi) is 5.72. The van der Waals surface area contributed by atoms with Crippen molar-refractivity contribution < 1.29 is 13.2 Å². The molecule has 1 fully saturated rings. The van der Waals surface area contributed by atoms with Gasteiger partial charge in [0.05, 0.1) is 5.92 Å². The van der Waals surface area contributed by atoms with Gasteiger partial charge in [-0.15, -0.1) is 0 Å². The Balaban J connectivity index is 2.57. The third-order valence-corrected chi connectivity index (χ3v) is 4.38. The Morgan fingerprint density at radius 1 is 1.21 bits per heavy atom. The third-order valence-electron chi connectivity index (χ3n) is 3.30. The second kappa shape index (κ2) is 6.65. The zero-order valence-corrected chi connectivity index (χ0v) is 12.4. The normalized spacial score (nSPS) is 19.7. The maximum absolute atomic E-state index is 12.3. The first-order chi connectivity index (χ1) is 8.75. The monoisotopic (exact) mass is 292 g/mol. The van der Waals surface area contributed by atoms with Gasteiger partial charge in [-0.05, 0) is 12.3 Å². The molecule has 1 heterocycles. The van der Waals surface area contributed by atoms with Crippen molar-refractivity contribution in [3.8, 4) is 0 Å². The molecule has 1 amide bonds. The molecule has 4 N–H and O–H groups in total. The molecule has 0 saturated carbocycles. The second-order valence-electron chi connectivity index (χ2n) is 5.33. The number of hydrogen-bond acceptors (Lipinski definition) is 4. The minimum absolute atomic E-state index is 0.0188. The van der Waals surface area contributed by atoms with Gasteiger partial charge in [-0.25, -0.2) is 5.14 Å². The molecule has 1 unspecified atom stereocenters. The number of rotatable bonds is 5. The van der Waals surface area contributed by atoms with E-state index in [9.17, 15) is 13.2 Å². The predicted octanol–water partition coefficient (Wildman–Crippen LogP) is -1.04. The quantitative estimate of drug-likeness (QED) is 0.674. The molecule has 0 spiro atoms. The molecule has 0 aliphatic carbocycles. The fourth-order valence-corrected chi connectivity index (χ4v) is 2.96. The average Bonchev–Trinajstić information content (AvgIpc) is 2.34. The highest BCUT2D eigenvalue weighted by Gasteiger charge is 2.29. The lowest BCUT2D eigenvalue weighted by Gasteiger charge is -2.35. The standard InChI is InChI=1S/C11H24N4O3S/c1-9(2)7-10(8-12)11(16)14-3-5-15(6-4-14)19(13,17)18/h9-10H,3-8,12H2,1-2H3,(H2,13,17,18). The average molecular weight is 292 g/mol. The first kappa shape index (κ1) is 16.4. The van der Waals surface area contributed by atoms with E-state index < -0.39 is 10.2 Å². The summed E-state index contributed by atoms with van der Waals surface area (Å²) >= 11 is 0. The highest BCUT2D eigenvalue weighted by Crippen LogP contribution is 2.15. The summed E-state index contributed by atoms with van der Waals surface area (Å²) in [6, 6.07) is 0. The Labute approximate surface area is 115 Å². The highest BCUT2D eigenvalue weighted by atomic mass is 32.2. The van der Waals surface area contributed by atoms with E-state index in [1.54, 1.807) is 4.90 Å². The van der Waals surface area contributed by atoms with Gasteiger partial charge < -0.3 is 10.6 Å². The van der Waals surface area contributed by atoms with E-state index in [2.05, 4.69) is 13.8 Å². The Hall–Kier alpha value is -0.700. The van der Waals surface area contributed by atoms with Crippen LogP contribution < -0.4 is 10.9 Å². The summed E-state index contributed by atoms with van der Waals surface area (Å²) < 4.78 is 23.5. The van der Waals surface area contributed by atoms with Crippen molar-refractivity contribution in [2.75, 3.05) is 32.7 Å². The molecular weight excluding hydrogens is 268 g/mol. The van der Waals surface area contributed by atoms with Crippen LogP contribution in [-0.2, 0) is 15.0 Å². The van der Waals surface area contributed by atoms with Crippen LogP contribution in [0.3, 0.4) is 0 Å². The molecular formula is C11H24N4O3S. The van der Waals surface area contributed by atoms with Crippen molar-refractivity contribution in [2.24, 2.45) is 22.7 Å². The lowest BCUT2D eigenvalue weighted by molar-refractivity contribution is -0.136. The molecule has 0 bridgehead atoms. The maximum atomic E-state index is 12.3. The number of piperazine rings is 1. The summed E-state index contributed by atoms with van der Waals surface area (Å²) in [7, 11) is -3.65. The van der Waals surface area contributed by atoms with Gasteiger partial charge in [0.25, 0.3) is 10.2 Å². The molecule has 8 heteroatoms. The van der Waals surface area contributed by atoms with Crippen LogP contribution in [-0.4, -0.2) is 56.3 Å². The van der Waals surface area contributed by atoms with Crippen LogP contribution in [0.2, 0.25) is 0 Å². The molecule has 7 nitrogen and oxygen atoms in total. The van der Waals surface area contributed by atoms with Gasteiger partial charge >= 0.3 is 0 Å². The summed E-state index contributed by atoms with van der Waals surface area (Å²) in [5.41, 5.74) is 5.65. The van der Waals surface area contributed by atoms with Crippen molar-refractivity contribution in [3.05, 3.63) is 0 Å². The van der Waals surface area contributed by atoms with E-state index in [0.29, 0.717) is 25.6 Å². The van der Waals surface area contributed by atoms with E-state index >= 15 is 0 Å². The van der Waals surface area contributed by atoms with Crippen molar-refractivity contribution >= 4 is 16.1 Å². The molecule has 1 atom stereocenters. The summed E-state index contributed by atoms with van der Waals surface area (Å²) in [5, 5.41) is 5.06. The number of carbonyl (C=O) groups excluding carboxylic acids is 1. The van der Waals surface area contributed by atoms with E-state index in [0.717, 1.165) is 6.42 Å².